The zero-order valence-corrected chi connectivity index (χ0v) is 12.0. The summed E-state index contributed by atoms with van der Waals surface area (Å²) in [7, 11) is 0. The van der Waals surface area contributed by atoms with Crippen molar-refractivity contribution in [3.63, 3.8) is 0 Å². The monoisotopic (exact) mass is 283 g/mol. The van der Waals surface area contributed by atoms with Crippen LogP contribution in [0, 0.1) is 17.1 Å². The number of nitrogens with two attached hydrogens (primary N) is 1. The van der Waals surface area contributed by atoms with Crippen LogP contribution in [0.25, 0.3) is 0 Å². The summed E-state index contributed by atoms with van der Waals surface area (Å²) in [6.45, 7) is 3.37. The first kappa shape index (κ1) is 14.9. The van der Waals surface area contributed by atoms with Crippen LogP contribution in [0.4, 0.5) is 15.8 Å². The van der Waals surface area contributed by atoms with E-state index in [1.807, 2.05) is 42.2 Å². The van der Waals surface area contributed by atoms with Crippen LogP contribution in [0.2, 0.25) is 0 Å². The van der Waals surface area contributed by atoms with Gasteiger partial charge in [-0.2, -0.15) is 5.26 Å². The van der Waals surface area contributed by atoms with Crippen molar-refractivity contribution < 1.29 is 4.39 Å². The summed E-state index contributed by atoms with van der Waals surface area (Å²) in [4.78, 5) is 1.96. The molecule has 0 aliphatic heterocycles. The molecule has 0 aliphatic rings. The number of benzene rings is 2. The molecule has 0 spiro atoms. The standard InChI is InChI=1S/C17H18FN3/c1-2-8-21(12-14-4-3-5-15(20)9-14)17-7-6-13(11-19)10-16(17)18/h3-7,9-10H,2,8,12,20H2,1H3. The Morgan fingerprint density at radius 1 is 1.24 bits per heavy atom. The van der Waals surface area contributed by atoms with Crippen molar-refractivity contribution in [2.45, 2.75) is 19.9 Å². The minimum atomic E-state index is -0.369. The van der Waals surface area contributed by atoms with Crippen LogP contribution >= 0.6 is 0 Å². The van der Waals surface area contributed by atoms with E-state index in [-0.39, 0.29) is 5.82 Å². The Balaban J connectivity index is 2.29. The molecule has 3 nitrogen and oxygen atoms in total. The molecule has 2 rings (SSSR count). The highest BCUT2D eigenvalue weighted by molar-refractivity contribution is 5.52. The Bertz CT molecular complexity index is 661. The van der Waals surface area contributed by atoms with Crippen molar-refractivity contribution in [3.05, 3.63) is 59.4 Å². The number of anilines is 2. The minimum Gasteiger partial charge on any atom is -0.399 e. The van der Waals surface area contributed by atoms with E-state index in [2.05, 4.69) is 0 Å². The molecule has 0 saturated heterocycles. The van der Waals surface area contributed by atoms with Crippen molar-refractivity contribution in [2.75, 3.05) is 17.2 Å². The highest BCUT2D eigenvalue weighted by Gasteiger charge is 2.12. The average Bonchev–Trinajstić information content (AvgIpc) is 2.47. The lowest BCUT2D eigenvalue weighted by Gasteiger charge is -2.25. The fourth-order valence-corrected chi connectivity index (χ4v) is 2.30. The number of nitrogens with zero attached hydrogens (tertiary/aromatic N) is 2. The van der Waals surface area contributed by atoms with E-state index < -0.39 is 0 Å². The first-order chi connectivity index (χ1) is 10.1. The molecule has 0 bridgehead atoms. The van der Waals surface area contributed by atoms with E-state index in [4.69, 9.17) is 11.0 Å². The van der Waals surface area contributed by atoms with Gasteiger partial charge in [-0.3, -0.25) is 0 Å². The molecular formula is C17H18FN3. The molecule has 108 valence electrons. The Kier molecular flexibility index (Phi) is 4.78. The highest BCUT2D eigenvalue weighted by atomic mass is 19.1. The molecule has 0 aromatic heterocycles. The van der Waals surface area contributed by atoms with Crippen molar-refractivity contribution in [1.82, 2.24) is 0 Å². The van der Waals surface area contributed by atoms with E-state index in [0.717, 1.165) is 18.5 Å². The van der Waals surface area contributed by atoms with Gasteiger partial charge in [-0.25, -0.2) is 4.39 Å². The molecule has 0 heterocycles. The first-order valence-electron chi connectivity index (χ1n) is 6.93. The second-order valence-electron chi connectivity index (χ2n) is 4.94. The van der Waals surface area contributed by atoms with Crippen LogP contribution in [-0.4, -0.2) is 6.54 Å². The number of nitrogen functional groups attached to an aromatic ring is 1. The summed E-state index contributed by atoms with van der Waals surface area (Å²) in [5.41, 5.74) is 8.36. The van der Waals surface area contributed by atoms with Gasteiger partial charge in [-0.05, 0) is 42.3 Å². The summed E-state index contributed by atoms with van der Waals surface area (Å²) >= 11 is 0. The van der Waals surface area contributed by atoms with Gasteiger partial charge in [-0.15, -0.1) is 0 Å². The summed E-state index contributed by atoms with van der Waals surface area (Å²) in [6.07, 6.45) is 0.905. The predicted octanol–water partition coefficient (Wildman–Crippen LogP) is 3.70. The van der Waals surface area contributed by atoms with Gasteiger partial charge in [0.25, 0.3) is 0 Å². The maximum absolute atomic E-state index is 14.2. The first-order valence-corrected chi connectivity index (χ1v) is 6.93. The quantitative estimate of drug-likeness (QED) is 0.851. The van der Waals surface area contributed by atoms with E-state index >= 15 is 0 Å². The number of hydrogen-bond acceptors (Lipinski definition) is 3. The zero-order chi connectivity index (χ0) is 15.2. The highest BCUT2D eigenvalue weighted by Crippen LogP contribution is 2.23. The average molecular weight is 283 g/mol. The molecule has 0 radical (unpaired) electrons. The van der Waals surface area contributed by atoms with Gasteiger partial charge in [0.1, 0.15) is 5.82 Å². The second-order valence-corrected chi connectivity index (χ2v) is 4.94. The maximum Gasteiger partial charge on any atom is 0.147 e. The van der Waals surface area contributed by atoms with E-state index in [0.29, 0.717) is 23.5 Å². The largest absolute Gasteiger partial charge is 0.399 e. The van der Waals surface area contributed by atoms with Crippen molar-refractivity contribution in [2.24, 2.45) is 0 Å². The zero-order valence-electron chi connectivity index (χ0n) is 12.0. The Morgan fingerprint density at radius 3 is 2.67 bits per heavy atom. The molecule has 0 saturated carbocycles. The Labute approximate surface area is 124 Å². The summed E-state index contributed by atoms with van der Waals surface area (Å²) < 4.78 is 14.2. The minimum absolute atomic E-state index is 0.330. The van der Waals surface area contributed by atoms with Crippen LogP contribution in [0.3, 0.4) is 0 Å². The molecule has 2 N–H and O–H groups in total. The van der Waals surface area contributed by atoms with Gasteiger partial charge < -0.3 is 10.6 Å². The smallest absolute Gasteiger partial charge is 0.147 e. The fraction of sp³-hybridized carbons (Fsp3) is 0.235. The maximum atomic E-state index is 14.2. The normalized spacial score (nSPS) is 10.1. The Hall–Kier alpha value is -2.54. The van der Waals surface area contributed by atoms with Gasteiger partial charge in [0.2, 0.25) is 0 Å². The van der Waals surface area contributed by atoms with E-state index in [1.165, 1.54) is 6.07 Å². The van der Waals surface area contributed by atoms with Gasteiger partial charge >= 0.3 is 0 Å². The van der Waals surface area contributed by atoms with E-state index in [1.54, 1.807) is 12.1 Å². The third-order valence-corrected chi connectivity index (χ3v) is 3.24. The van der Waals surface area contributed by atoms with E-state index in [9.17, 15) is 4.39 Å². The number of nitriles is 1. The lowest BCUT2D eigenvalue weighted by molar-refractivity contribution is 0.614. The van der Waals surface area contributed by atoms with Gasteiger partial charge in [0.05, 0.1) is 17.3 Å². The molecule has 0 aliphatic carbocycles. The van der Waals surface area contributed by atoms with Gasteiger partial charge in [-0.1, -0.05) is 19.1 Å². The molecule has 0 fully saturated rings. The van der Waals surface area contributed by atoms with Crippen LogP contribution < -0.4 is 10.6 Å². The van der Waals surface area contributed by atoms with Crippen molar-refractivity contribution in [3.8, 4) is 6.07 Å². The molecule has 21 heavy (non-hydrogen) atoms. The number of halogens is 1. The third-order valence-electron chi connectivity index (χ3n) is 3.24. The summed E-state index contributed by atoms with van der Waals surface area (Å²) in [5.74, 6) is -0.369. The lowest BCUT2D eigenvalue weighted by atomic mass is 10.1. The molecule has 0 amide bonds. The van der Waals surface area contributed by atoms with Crippen LogP contribution in [-0.2, 0) is 6.54 Å². The molecule has 2 aromatic rings. The topological polar surface area (TPSA) is 53.0 Å². The SMILES string of the molecule is CCCN(Cc1cccc(N)c1)c1ccc(C#N)cc1F. The second kappa shape index (κ2) is 6.76. The molecular weight excluding hydrogens is 265 g/mol. The summed E-state index contributed by atoms with van der Waals surface area (Å²) in [6, 6.07) is 14.1. The fourth-order valence-electron chi connectivity index (χ4n) is 2.30. The number of hydrogen-bond donors (Lipinski definition) is 1. The van der Waals surface area contributed by atoms with Crippen molar-refractivity contribution in [1.29, 1.82) is 5.26 Å². The van der Waals surface area contributed by atoms with Crippen LogP contribution in [0.1, 0.15) is 24.5 Å². The van der Waals surface area contributed by atoms with Gasteiger partial charge in [0, 0.05) is 18.8 Å². The molecule has 0 atom stereocenters. The van der Waals surface area contributed by atoms with Crippen LogP contribution in [0.15, 0.2) is 42.5 Å². The third kappa shape index (κ3) is 3.73. The lowest BCUT2D eigenvalue weighted by Crippen LogP contribution is -2.24. The molecule has 2 aromatic carbocycles. The predicted molar refractivity (Wildman–Crippen MR) is 83.3 cm³/mol. The summed E-state index contributed by atoms with van der Waals surface area (Å²) in [5, 5.41) is 8.82. The van der Waals surface area contributed by atoms with Gasteiger partial charge in [0.15, 0.2) is 0 Å². The molecule has 4 heteroatoms. The number of rotatable bonds is 5. The van der Waals surface area contributed by atoms with Crippen molar-refractivity contribution >= 4 is 11.4 Å². The molecule has 0 unspecified atom stereocenters. The van der Waals surface area contributed by atoms with Crippen LogP contribution in [0.5, 0.6) is 0 Å². The Morgan fingerprint density at radius 2 is 2.05 bits per heavy atom.